The second-order valence-corrected chi connectivity index (χ2v) is 2.58. The first-order chi connectivity index (χ1) is 6.45. The molecule has 1 aromatic carbocycles. The Morgan fingerprint density at radius 3 is 2.07 bits per heavy atom. The number of rotatable bonds is 2. The molecule has 14 heavy (non-hydrogen) atoms. The summed E-state index contributed by atoms with van der Waals surface area (Å²) < 4.78 is 0. The van der Waals surface area contributed by atoms with Crippen LogP contribution in [-0.4, -0.2) is 22.0 Å². The van der Waals surface area contributed by atoms with Crippen LogP contribution in [-0.2, 0) is 0 Å². The fourth-order valence-corrected chi connectivity index (χ4v) is 1.02. The normalized spacial score (nSPS) is 9.71. The topological polar surface area (TPSA) is 127 Å². The van der Waals surface area contributed by atoms with Crippen LogP contribution in [0.15, 0.2) is 12.1 Å². The molecule has 6 nitrogen and oxygen atoms in total. The van der Waals surface area contributed by atoms with Gasteiger partial charge in [-0.1, -0.05) is 0 Å². The molecule has 0 saturated carbocycles. The largest absolute Gasteiger partial charge is 0.507 e. The summed E-state index contributed by atoms with van der Waals surface area (Å²) in [6, 6.07) is 2.15. The predicted octanol–water partition coefficient (Wildman–Crippen LogP) is -0.704. The van der Waals surface area contributed by atoms with E-state index in [0.717, 1.165) is 12.1 Å². The average molecular weight is 196 g/mol. The maximum atomic E-state index is 10.8. The summed E-state index contributed by atoms with van der Waals surface area (Å²) in [4.78, 5) is 21.5. The van der Waals surface area contributed by atoms with Crippen LogP contribution in [0.4, 0.5) is 0 Å². The number of aromatic hydroxyl groups is 2. The lowest BCUT2D eigenvalue weighted by Crippen LogP contribution is -2.16. The van der Waals surface area contributed by atoms with Crippen LogP contribution in [0, 0.1) is 0 Å². The Morgan fingerprint density at radius 2 is 1.64 bits per heavy atom. The molecule has 1 aromatic rings. The van der Waals surface area contributed by atoms with Crippen molar-refractivity contribution in [1.82, 2.24) is 0 Å². The van der Waals surface area contributed by atoms with Gasteiger partial charge in [0.2, 0.25) is 0 Å². The summed E-state index contributed by atoms with van der Waals surface area (Å²) in [5, 5.41) is 18.5. The zero-order chi connectivity index (χ0) is 10.9. The fraction of sp³-hybridized carbons (Fsp3) is 0. The molecule has 0 fully saturated rings. The van der Waals surface area contributed by atoms with Gasteiger partial charge in [0.05, 0.1) is 5.56 Å². The quantitative estimate of drug-likeness (QED) is 0.498. The van der Waals surface area contributed by atoms with Crippen LogP contribution in [0.3, 0.4) is 0 Å². The van der Waals surface area contributed by atoms with Crippen molar-refractivity contribution in [3.05, 3.63) is 23.3 Å². The van der Waals surface area contributed by atoms with Gasteiger partial charge in [0.25, 0.3) is 11.8 Å². The fourth-order valence-electron chi connectivity index (χ4n) is 1.02. The zero-order valence-electron chi connectivity index (χ0n) is 7.02. The SMILES string of the molecule is NC(=O)c1ccc(O)c(C(N)=O)c1O. The minimum atomic E-state index is -1.04. The average Bonchev–Trinajstić information content (AvgIpc) is 2.02. The molecule has 0 radical (unpaired) electrons. The minimum Gasteiger partial charge on any atom is -0.507 e. The van der Waals surface area contributed by atoms with Gasteiger partial charge in [-0.05, 0) is 12.1 Å². The molecule has 6 heteroatoms. The third-order valence-electron chi connectivity index (χ3n) is 1.67. The summed E-state index contributed by atoms with van der Waals surface area (Å²) >= 11 is 0. The van der Waals surface area contributed by atoms with Gasteiger partial charge in [-0.3, -0.25) is 9.59 Å². The van der Waals surface area contributed by atoms with Gasteiger partial charge in [0, 0.05) is 0 Å². The van der Waals surface area contributed by atoms with E-state index >= 15 is 0 Å². The van der Waals surface area contributed by atoms with Crippen molar-refractivity contribution in [2.24, 2.45) is 11.5 Å². The summed E-state index contributed by atoms with van der Waals surface area (Å²) in [6.45, 7) is 0. The van der Waals surface area contributed by atoms with Crippen LogP contribution in [0.25, 0.3) is 0 Å². The van der Waals surface area contributed by atoms with Gasteiger partial charge in [-0.15, -0.1) is 0 Å². The highest BCUT2D eigenvalue weighted by Gasteiger charge is 2.19. The number of primary amides is 2. The molecule has 0 saturated heterocycles. The van der Waals surface area contributed by atoms with Crippen molar-refractivity contribution < 1.29 is 19.8 Å². The predicted molar refractivity (Wildman–Crippen MR) is 46.8 cm³/mol. The van der Waals surface area contributed by atoms with E-state index in [1.54, 1.807) is 0 Å². The molecule has 6 N–H and O–H groups in total. The van der Waals surface area contributed by atoms with E-state index in [9.17, 15) is 14.7 Å². The molecular formula is C8H8N2O4. The zero-order valence-corrected chi connectivity index (χ0v) is 7.02. The van der Waals surface area contributed by atoms with Gasteiger partial charge in [-0.25, -0.2) is 0 Å². The van der Waals surface area contributed by atoms with Gasteiger partial charge in [0.1, 0.15) is 17.1 Å². The van der Waals surface area contributed by atoms with Gasteiger partial charge >= 0.3 is 0 Å². The Bertz CT molecular complexity index is 414. The Balaban J connectivity index is 3.49. The summed E-state index contributed by atoms with van der Waals surface area (Å²) in [6.07, 6.45) is 0. The lowest BCUT2D eigenvalue weighted by molar-refractivity contribution is 0.0994. The first-order valence-electron chi connectivity index (χ1n) is 3.59. The van der Waals surface area contributed by atoms with Crippen molar-refractivity contribution in [1.29, 1.82) is 0 Å². The minimum absolute atomic E-state index is 0.267. The third-order valence-corrected chi connectivity index (χ3v) is 1.67. The van der Waals surface area contributed by atoms with E-state index in [1.165, 1.54) is 0 Å². The van der Waals surface area contributed by atoms with E-state index in [2.05, 4.69) is 0 Å². The highest BCUT2D eigenvalue weighted by atomic mass is 16.3. The van der Waals surface area contributed by atoms with E-state index in [1.807, 2.05) is 0 Å². The number of phenols is 2. The van der Waals surface area contributed by atoms with E-state index in [4.69, 9.17) is 16.6 Å². The van der Waals surface area contributed by atoms with Crippen LogP contribution in [0.5, 0.6) is 11.5 Å². The Labute approximate surface area is 78.8 Å². The standard InChI is InChI=1S/C8H8N2O4/c9-7(13)3-1-2-4(11)5(6(3)12)8(10)14/h1-2,11-12H,(H2,9,13)(H2,10,14). The number of carbonyl (C=O) groups is 2. The molecule has 0 heterocycles. The molecule has 0 atom stereocenters. The highest BCUT2D eigenvalue weighted by molar-refractivity contribution is 6.04. The van der Waals surface area contributed by atoms with Gasteiger partial charge < -0.3 is 21.7 Å². The number of amides is 2. The van der Waals surface area contributed by atoms with Crippen LogP contribution in [0.1, 0.15) is 20.7 Å². The lowest BCUT2D eigenvalue weighted by atomic mass is 10.1. The molecule has 0 aliphatic heterocycles. The third kappa shape index (κ3) is 1.45. The van der Waals surface area contributed by atoms with Crippen LogP contribution < -0.4 is 11.5 Å². The maximum Gasteiger partial charge on any atom is 0.256 e. The van der Waals surface area contributed by atoms with Crippen LogP contribution >= 0.6 is 0 Å². The molecule has 0 aromatic heterocycles. The number of benzene rings is 1. The van der Waals surface area contributed by atoms with E-state index in [0.29, 0.717) is 0 Å². The van der Waals surface area contributed by atoms with Crippen molar-refractivity contribution in [3.63, 3.8) is 0 Å². The monoisotopic (exact) mass is 196 g/mol. The van der Waals surface area contributed by atoms with Crippen molar-refractivity contribution in [2.75, 3.05) is 0 Å². The Morgan fingerprint density at radius 1 is 1.07 bits per heavy atom. The highest BCUT2D eigenvalue weighted by Crippen LogP contribution is 2.29. The number of hydrogen-bond donors (Lipinski definition) is 4. The Hall–Kier alpha value is -2.24. The second kappa shape index (κ2) is 3.25. The molecular weight excluding hydrogens is 188 g/mol. The molecule has 74 valence electrons. The molecule has 0 aliphatic carbocycles. The summed E-state index contributed by atoms with van der Waals surface area (Å²) in [5.41, 5.74) is 8.99. The molecule has 0 spiro atoms. The van der Waals surface area contributed by atoms with E-state index < -0.39 is 28.9 Å². The molecule has 0 bridgehead atoms. The first-order valence-corrected chi connectivity index (χ1v) is 3.59. The molecule has 2 amide bonds. The van der Waals surface area contributed by atoms with Gasteiger partial charge in [-0.2, -0.15) is 0 Å². The summed E-state index contributed by atoms with van der Waals surface area (Å²) in [5.74, 6) is -3.15. The van der Waals surface area contributed by atoms with E-state index in [-0.39, 0.29) is 5.56 Å². The second-order valence-electron chi connectivity index (χ2n) is 2.58. The molecule has 1 rings (SSSR count). The Kier molecular flexibility index (Phi) is 2.29. The van der Waals surface area contributed by atoms with Crippen molar-refractivity contribution in [2.45, 2.75) is 0 Å². The smallest absolute Gasteiger partial charge is 0.256 e. The first kappa shape index (κ1) is 9.85. The number of carbonyl (C=O) groups excluding carboxylic acids is 2. The van der Waals surface area contributed by atoms with Crippen molar-refractivity contribution >= 4 is 11.8 Å². The van der Waals surface area contributed by atoms with Crippen molar-refractivity contribution in [3.8, 4) is 11.5 Å². The lowest BCUT2D eigenvalue weighted by Gasteiger charge is -2.06. The maximum absolute atomic E-state index is 10.8. The van der Waals surface area contributed by atoms with Gasteiger partial charge in [0.15, 0.2) is 0 Å². The van der Waals surface area contributed by atoms with Crippen LogP contribution in [0.2, 0.25) is 0 Å². The number of nitrogens with two attached hydrogens (primary N) is 2. The number of hydrogen-bond acceptors (Lipinski definition) is 4. The molecule has 0 unspecified atom stereocenters. The summed E-state index contributed by atoms with van der Waals surface area (Å²) in [7, 11) is 0. The molecule has 0 aliphatic rings.